The van der Waals surface area contributed by atoms with Crippen molar-refractivity contribution in [1.82, 2.24) is 4.90 Å². The molecule has 8 heteroatoms. The molecule has 1 heterocycles. The number of nitrogens with one attached hydrogen (secondary N) is 1. The van der Waals surface area contributed by atoms with E-state index in [1.54, 1.807) is 36.3 Å². The highest BCUT2D eigenvalue weighted by Crippen LogP contribution is 2.20. The van der Waals surface area contributed by atoms with Crippen molar-refractivity contribution in [3.05, 3.63) is 29.8 Å². The third-order valence-electron chi connectivity index (χ3n) is 4.45. The summed E-state index contributed by atoms with van der Waals surface area (Å²) in [4.78, 5) is 37.0. The zero-order chi connectivity index (χ0) is 19.6. The van der Waals surface area contributed by atoms with Gasteiger partial charge in [-0.3, -0.25) is 14.4 Å². The zero-order valence-electron chi connectivity index (χ0n) is 15.5. The van der Waals surface area contributed by atoms with Gasteiger partial charge in [-0.1, -0.05) is 0 Å². The molecule has 0 aliphatic carbocycles. The molecule has 0 unspecified atom stereocenters. The van der Waals surface area contributed by atoms with Crippen molar-refractivity contribution in [3.63, 3.8) is 0 Å². The maximum absolute atomic E-state index is 12.5. The second kappa shape index (κ2) is 10.6. The van der Waals surface area contributed by atoms with Crippen LogP contribution in [-0.4, -0.2) is 67.8 Å². The molecule has 1 aliphatic heterocycles. The number of hydrogen-bond donors (Lipinski definition) is 2. The lowest BCUT2D eigenvalue weighted by Crippen LogP contribution is -2.40. The number of benzene rings is 1. The highest BCUT2D eigenvalue weighted by Gasteiger charge is 2.27. The lowest BCUT2D eigenvalue weighted by Gasteiger charge is -2.30. The summed E-state index contributed by atoms with van der Waals surface area (Å²) in [6.45, 7) is 2.14. The number of carbonyl (C=O) groups is 3. The second-order valence-electron chi connectivity index (χ2n) is 6.39. The Morgan fingerprint density at radius 2 is 1.78 bits per heavy atom. The molecule has 2 rings (SSSR count). The van der Waals surface area contributed by atoms with E-state index < -0.39 is 5.97 Å². The molecular formula is C19H26N2O6. The molecule has 27 heavy (non-hydrogen) atoms. The average molecular weight is 378 g/mol. The van der Waals surface area contributed by atoms with Gasteiger partial charge < -0.3 is 24.8 Å². The average Bonchev–Trinajstić information content (AvgIpc) is 2.68. The molecule has 0 aromatic heterocycles. The normalized spacial score (nSPS) is 14.8. The molecule has 0 spiro atoms. The van der Waals surface area contributed by atoms with Crippen LogP contribution in [0.15, 0.2) is 24.3 Å². The first kappa shape index (κ1) is 20.9. The zero-order valence-corrected chi connectivity index (χ0v) is 15.5. The van der Waals surface area contributed by atoms with Crippen molar-refractivity contribution in [3.8, 4) is 0 Å². The Bertz CT molecular complexity index is 638. The van der Waals surface area contributed by atoms with E-state index in [-0.39, 0.29) is 24.2 Å². The van der Waals surface area contributed by atoms with Gasteiger partial charge in [0.15, 0.2) is 0 Å². The van der Waals surface area contributed by atoms with E-state index in [2.05, 4.69) is 5.32 Å². The van der Waals surface area contributed by atoms with E-state index >= 15 is 0 Å². The molecule has 1 fully saturated rings. The third kappa shape index (κ3) is 6.65. The van der Waals surface area contributed by atoms with Crippen molar-refractivity contribution in [2.45, 2.75) is 19.3 Å². The van der Waals surface area contributed by atoms with Gasteiger partial charge in [0.1, 0.15) is 0 Å². The van der Waals surface area contributed by atoms with Gasteiger partial charge in [-0.2, -0.15) is 0 Å². The monoisotopic (exact) mass is 378 g/mol. The summed E-state index contributed by atoms with van der Waals surface area (Å²) in [5.41, 5.74) is 1.13. The maximum Gasteiger partial charge on any atom is 0.306 e. The fraction of sp³-hybridized carbons (Fsp3) is 0.526. The van der Waals surface area contributed by atoms with Crippen molar-refractivity contribution in [2.24, 2.45) is 5.92 Å². The summed E-state index contributed by atoms with van der Waals surface area (Å²) in [5, 5.41) is 11.8. The second-order valence-corrected chi connectivity index (χ2v) is 6.39. The summed E-state index contributed by atoms with van der Waals surface area (Å²) < 4.78 is 10.1. The number of rotatable bonds is 9. The smallest absolute Gasteiger partial charge is 0.306 e. The molecule has 148 valence electrons. The summed E-state index contributed by atoms with van der Waals surface area (Å²) in [6, 6.07) is 6.69. The minimum absolute atomic E-state index is 0.122. The number of methoxy groups -OCH3 is 1. The standard InChI is InChI=1S/C19H26N2O6/c1-26-12-13-27-11-8-17(22)20-16-4-2-14(3-5-16)18(23)21-9-6-15(7-10-21)19(24)25/h2-5,15H,6-13H2,1H3,(H,20,22)(H,24,25). The number of carbonyl (C=O) groups excluding carboxylic acids is 2. The van der Waals surface area contributed by atoms with Gasteiger partial charge in [-0.05, 0) is 37.1 Å². The Morgan fingerprint density at radius 3 is 2.37 bits per heavy atom. The Kier molecular flexibility index (Phi) is 8.22. The first-order valence-electron chi connectivity index (χ1n) is 9.00. The number of carboxylic acid groups (broad SMARTS) is 1. The summed E-state index contributed by atoms with van der Waals surface area (Å²) in [6.07, 6.45) is 1.19. The molecular weight excluding hydrogens is 352 g/mol. The van der Waals surface area contributed by atoms with Crippen LogP contribution in [0.25, 0.3) is 0 Å². The van der Waals surface area contributed by atoms with Crippen LogP contribution in [-0.2, 0) is 19.1 Å². The molecule has 0 saturated carbocycles. The lowest BCUT2D eigenvalue weighted by molar-refractivity contribution is -0.143. The lowest BCUT2D eigenvalue weighted by atomic mass is 9.96. The molecule has 1 aromatic carbocycles. The van der Waals surface area contributed by atoms with Crippen LogP contribution in [0.5, 0.6) is 0 Å². The molecule has 0 radical (unpaired) electrons. The Balaban J connectivity index is 1.78. The van der Waals surface area contributed by atoms with Gasteiger partial charge in [-0.25, -0.2) is 0 Å². The molecule has 1 aromatic rings. The number of amides is 2. The predicted octanol–water partition coefficient (Wildman–Crippen LogP) is 1.61. The van der Waals surface area contributed by atoms with Crippen LogP contribution < -0.4 is 5.32 Å². The Morgan fingerprint density at radius 1 is 1.11 bits per heavy atom. The van der Waals surface area contributed by atoms with Crippen molar-refractivity contribution in [1.29, 1.82) is 0 Å². The Labute approximate surface area is 158 Å². The van der Waals surface area contributed by atoms with Gasteiger partial charge in [0, 0.05) is 31.5 Å². The molecule has 2 N–H and O–H groups in total. The molecule has 1 aliphatic rings. The largest absolute Gasteiger partial charge is 0.481 e. The number of aliphatic carboxylic acids is 1. The first-order valence-corrected chi connectivity index (χ1v) is 9.00. The van der Waals surface area contributed by atoms with Gasteiger partial charge in [0.2, 0.25) is 5.91 Å². The van der Waals surface area contributed by atoms with E-state index in [0.29, 0.717) is 57.0 Å². The number of anilines is 1. The van der Waals surface area contributed by atoms with E-state index in [1.165, 1.54) is 0 Å². The molecule has 2 amide bonds. The minimum atomic E-state index is -0.800. The van der Waals surface area contributed by atoms with Crippen LogP contribution in [0.4, 0.5) is 5.69 Å². The number of ether oxygens (including phenoxy) is 2. The Hall–Kier alpha value is -2.45. The quantitative estimate of drug-likeness (QED) is 0.633. The van der Waals surface area contributed by atoms with Crippen LogP contribution in [0.3, 0.4) is 0 Å². The number of likely N-dealkylation sites (tertiary alicyclic amines) is 1. The van der Waals surface area contributed by atoms with E-state index in [4.69, 9.17) is 14.6 Å². The van der Waals surface area contributed by atoms with Crippen LogP contribution >= 0.6 is 0 Å². The fourth-order valence-electron chi connectivity index (χ4n) is 2.84. The number of carboxylic acids is 1. The SMILES string of the molecule is COCCOCCC(=O)Nc1ccc(C(=O)N2CCC(C(=O)O)CC2)cc1. The van der Waals surface area contributed by atoms with Gasteiger partial charge >= 0.3 is 5.97 Å². The summed E-state index contributed by atoms with van der Waals surface area (Å²) in [7, 11) is 1.59. The topological polar surface area (TPSA) is 105 Å². The van der Waals surface area contributed by atoms with Crippen molar-refractivity contribution >= 4 is 23.5 Å². The molecule has 0 bridgehead atoms. The van der Waals surface area contributed by atoms with Gasteiger partial charge in [0.25, 0.3) is 5.91 Å². The van der Waals surface area contributed by atoms with Crippen LogP contribution in [0.1, 0.15) is 29.6 Å². The number of hydrogen-bond acceptors (Lipinski definition) is 5. The minimum Gasteiger partial charge on any atom is -0.481 e. The van der Waals surface area contributed by atoms with Gasteiger partial charge in [0.05, 0.1) is 32.2 Å². The summed E-state index contributed by atoms with van der Waals surface area (Å²) >= 11 is 0. The molecule has 8 nitrogen and oxygen atoms in total. The van der Waals surface area contributed by atoms with Crippen LogP contribution in [0, 0.1) is 5.92 Å². The first-order chi connectivity index (χ1) is 13.0. The fourth-order valence-corrected chi connectivity index (χ4v) is 2.84. The molecule has 0 atom stereocenters. The highest BCUT2D eigenvalue weighted by molar-refractivity contribution is 5.96. The van der Waals surface area contributed by atoms with Gasteiger partial charge in [-0.15, -0.1) is 0 Å². The molecule has 1 saturated heterocycles. The van der Waals surface area contributed by atoms with E-state index in [0.717, 1.165) is 0 Å². The van der Waals surface area contributed by atoms with Crippen molar-refractivity contribution in [2.75, 3.05) is 45.3 Å². The number of nitrogens with zero attached hydrogens (tertiary/aromatic N) is 1. The van der Waals surface area contributed by atoms with E-state index in [9.17, 15) is 14.4 Å². The van der Waals surface area contributed by atoms with Crippen molar-refractivity contribution < 1.29 is 29.0 Å². The maximum atomic E-state index is 12.5. The number of piperidine rings is 1. The van der Waals surface area contributed by atoms with Crippen LogP contribution in [0.2, 0.25) is 0 Å². The summed E-state index contributed by atoms with van der Waals surface area (Å²) in [5.74, 6) is -1.46. The predicted molar refractivity (Wildman–Crippen MR) is 98.6 cm³/mol. The third-order valence-corrected chi connectivity index (χ3v) is 4.45. The highest BCUT2D eigenvalue weighted by atomic mass is 16.5. The van der Waals surface area contributed by atoms with E-state index in [1.807, 2.05) is 0 Å².